The van der Waals surface area contributed by atoms with Crippen molar-refractivity contribution in [1.82, 2.24) is 10.2 Å². The van der Waals surface area contributed by atoms with Crippen molar-refractivity contribution >= 4 is 23.8 Å². The Morgan fingerprint density at radius 1 is 1.15 bits per heavy atom. The maximum Gasteiger partial charge on any atom is 0.338 e. The van der Waals surface area contributed by atoms with Crippen LogP contribution in [0.5, 0.6) is 0 Å². The maximum atomic E-state index is 12.6. The highest BCUT2D eigenvalue weighted by Gasteiger charge is 2.43. The summed E-state index contributed by atoms with van der Waals surface area (Å²) < 4.78 is 10.0. The van der Waals surface area contributed by atoms with Crippen molar-refractivity contribution in [2.45, 2.75) is 18.2 Å². The Labute approximate surface area is 147 Å². The SMILES string of the molecule is NC(=O)C1C(C(=O)NCC2CO2)=C(C(=O)O)C(C(=O)O)=CN1CC1CO1. The number of nitrogens with two attached hydrogens (primary N) is 1. The quantitative estimate of drug-likeness (QED) is 0.336. The van der Waals surface area contributed by atoms with Gasteiger partial charge in [-0.1, -0.05) is 0 Å². The Morgan fingerprint density at radius 2 is 1.77 bits per heavy atom. The first-order chi connectivity index (χ1) is 12.3. The molecule has 2 fully saturated rings. The van der Waals surface area contributed by atoms with Gasteiger partial charge in [-0.15, -0.1) is 0 Å². The van der Waals surface area contributed by atoms with Gasteiger partial charge < -0.3 is 35.6 Å². The van der Waals surface area contributed by atoms with Gasteiger partial charge >= 0.3 is 11.9 Å². The number of amides is 2. The second-order valence-electron chi connectivity index (χ2n) is 6.06. The molecule has 0 aromatic heterocycles. The Hall–Kier alpha value is -2.92. The van der Waals surface area contributed by atoms with Crippen molar-refractivity contribution in [3.8, 4) is 0 Å². The minimum atomic E-state index is -1.64. The molecule has 0 saturated carbocycles. The number of carboxylic acid groups (broad SMARTS) is 2. The largest absolute Gasteiger partial charge is 0.478 e. The average molecular weight is 367 g/mol. The van der Waals surface area contributed by atoms with Crippen LogP contribution in [0.4, 0.5) is 0 Å². The summed E-state index contributed by atoms with van der Waals surface area (Å²) in [5.74, 6) is -5.03. The third kappa shape index (κ3) is 3.68. The molecule has 3 rings (SSSR count). The number of aliphatic carboxylic acids is 2. The first-order valence-electron chi connectivity index (χ1n) is 7.79. The van der Waals surface area contributed by atoms with Gasteiger partial charge in [0.05, 0.1) is 42.1 Å². The Morgan fingerprint density at radius 3 is 2.23 bits per heavy atom. The lowest BCUT2D eigenvalue weighted by Crippen LogP contribution is -2.52. The third-order valence-corrected chi connectivity index (χ3v) is 4.11. The van der Waals surface area contributed by atoms with E-state index in [4.69, 9.17) is 15.2 Å². The molecule has 11 nitrogen and oxygen atoms in total. The van der Waals surface area contributed by atoms with Crippen molar-refractivity contribution < 1.29 is 38.9 Å². The number of nitrogens with zero attached hydrogens (tertiary/aromatic N) is 1. The van der Waals surface area contributed by atoms with Gasteiger partial charge in [-0.05, 0) is 0 Å². The van der Waals surface area contributed by atoms with Crippen LogP contribution in [-0.4, -0.2) is 83.4 Å². The minimum absolute atomic E-state index is 0.0970. The van der Waals surface area contributed by atoms with Crippen molar-refractivity contribution in [3.63, 3.8) is 0 Å². The van der Waals surface area contributed by atoms with Crippen LogP contribution >= 0.6 is 0 Å². The molecule has 3 aliphatic rings. The van der Waals surface area contributed by atoms with Crippen LogP contribution < -0.4 is 11.1 Å². The lowest BCUT2D eigenvalue weighted by molar-refractivity contribution is -0.137. The number of primary amides is 1. The van der Waals surface area contributed by atoms with E-state index in [0.717, 1.165) is 6.20 Å². The van der Waals surface area contributed by atoms with Crippen LogP contribution in [0.15, 0.2) is 22.9 Å². The van der Waals surface area contributed by atoms with Gasteiger partial charge in [-0.3, -0.25) is 9.59 Å². The number of carboxylic acids is 2. The standard InChI is InChI=1S/C15H17N3O8/c16-12(19)11-10(13(20)17-1-6-4-25-6)9(15(23)24)8(14(21)22)3-18(11)2-7-5-26-7/h3,6-7,11H,1-2,4-5H2,(H2,16,19)(H,17,20)(H,21,22)(H,23,24). The van der Waals surface area contributed by atoms with Crippen LogP contribution in [0.1, 0.15) is 0 Å². The van der Waals surface area contributed by atoms with E-state index in [-0.39, 0.29) is 25.3 Å². The smallest absolute Gasteiger partial charge is 0.338 e. The molecule has 5 N–H and O–H groups in total. The second-order valence-corrected chi connectivity index (χ2v) is 6.06. The number of carbonyl (C=O) groups is 4. The van der Waals surface area contributed by atoms with E-state index in [1.165, 1.54) is 4.90 Å². The van der Waals surface area contributed by atoms with E-state index in [2.05, 4.69) is 5.32 Å². The molecule has 3 aliphatic heterocycles. The van der Waals surface area contributed by atoms with Gasteiger partial charge in [0.1, 0.15) is 6.04 Å². The fourth-order valence-electron chi connectivity index (χ4n) is 2.74. The highest BCUT2D eigenvalue weighted by Crippen LogP contribution is 2.30. The van der Waals surface area contributed by atoms with Crippen molar-refractivity contribution in [1.29, 1.82) is 0 Å². The summed E-state index contributed by atoms with van der Waals surface area (Å²) in [6.45, 7) is 1.07. The molecule has 0 aliphatic carbocycles. The Bertz CT molecular complexity index is 735. The summed E-state index contributed by atoms with van der Waals surface area (Å²) in [6.07, 6.45) is 0.580. The van der Waals surface area contributed by atoms with Gasteiger partial charge in [0.25, 0.3) is 5.91 Å². The first-order valence-corrected chi connectivity index (χ1v) is 7.79. The van der Waals surface area contributed by atoms with E-state index in [1.54, 1.807) is 0 Å². The zero-order valence-corrected chi connectivity index (χ0v) is 13.5. The van der Waals surface area contributed by atoms with E-state index < -0.39 is 46.5 Å². The molecule has 140 valence electrons. The van der Waals surface area contributed by atoms with Crippen LogP contribution in [0.2, 0.25) is 0 Å². The van der Waals surface area contributed by atoms with E-state index in [9.17, 15) is 29.4 Å². The summed E-state index contributed by atoms with van der Waals surface area (Å²) in [5.41, 5.74) is 3.53. The monoisotopic (exact) mass is 367 g/mol. The fourth-order valence-corrected chi connectivity index (χ4v) is 2.74. The van der Waals surface area contributed by atoms with Gasteiger partial charge in [0.2, 0.25) is 5.91 Å². The van der Waals surface area contributed by atoms with Gasteiger partial charge in [-0.2, -0.15) is 0 Å². The molecular weight excluding hydrogens is 350 g/mol. The van der Waals surface area contributed by atoms with Crippen LogP contribution in [0.25, 0.3) is 0 Å². The topological polar surface area (TPSA) is 175 Å². The average Bonchev–Trinajstić information content (AvgIpc) is 3.45. The van der Waals surface area contributed by atoms with Crippen LogP contribution in [-0.2, 0) is 28.7 Å². The lowest BCUT2D eigenvalue weighted by Gasteiger charge is -2.34. The van der Waals surface area contributed by atoms with E-state index in [1.807, 2.05) is 0 Å². The molecule has 3 unspecified atom stereocenters. The van der Waals surface area contributed by atoms with E-state index >= 15 is 0 Å². The normalized spacial score (nSPS) is 26.8. The van der Waals surface area contributed by atoms with Crippen molar-refractivity contribution in [2.24, 2.45) is 5.73 Å². The zero-order valence-electron chi connectivity index (χ0n) is 13.5. The predicted molar refractivity (Wildman–Crippen MR) is 82.6 cm³/mol. The predicted octanol–water partition coefficient (Wildman–Crippen LogP) is -2.58. The van der Waals surface area contributed by atoms with Crippen LogP contribution in [0, 0.1) is 0 Å². The molecule has 11 heteroatoms. The molecule has 0 aromatic carbocycles. The van der Waals surface area contributed by atoms with E-state index in [0.29, 0.717) is 13.2 Å². The summed E-state index contributed by atoms with van der Waals surface area (Å²) in [4.78, 5) is 49.1. The number of hydrogen-bond acceptors (Lipinski definition) is 7. The summed E-state index contributed by atoms with van der Waals surface area (Å²) in [6, 6.07) is -1.42. The molecular formula is C15H17N3O8. The summed E-state index contributed by atoms with van der Waals surface area (Å²) in [5, 5.41) is 21.3. The molecule has 0 spiro atoms. The minimum Gasteiger partial charge on any atom is -0.478 e. The van der Waals surface area contributed by atoms with Crippen LogP contribution in [0.3, 0.4) is 0 Å². The molecule has 2 saturated heterocycles. The lowest BCUT2D eigenvalue weighted by atomic mass is 9.89. The first kappa shape index (κ1) is 17.9. The summed E-state index contributed by atoms with van der Waals surface area (Å²) >= 11 is 0. The summed E-state index contributed by atoms with van der Waals surface area (Å²) in [7, 11) is 0. The number of rotatable bonds is 8. The van der Waals surface area contributed by atoms with Gasteiger partial charge in [0, 0.05) is 19.3 Å². The van der Waals surface area contributed by atoms with Gasteiger partial charge in [-0.25, -0.2) is 9.59 Å². The number of hydrogen-bond donors (Lipinski definition) is 4. The number of ether oxygens (including phenoxy) is 2. The van der Waals surface area contributed by atoms with Crippen molar-refractivity contribution in [2.75, 3.05) is 26.3 Å². The molecule has 26 heavy (non-hydrogen) atoms. The van der Waals surface area contributed by atoms with Gasteiger partial charge in [0.15, 0.2) is 0 Å². The molecule has 3 heterocycles. The number of nitrogens with one attached hydrogen (secondary N) is 1. The van der Waals surface area contributed by atoms with Crippen molar-refractivity contribution in [3.05, 3.63) is 22.9 Å². The Kier molecular flexibility index (Phi) is 4.66. The highest BCUT2D eigenvalue weighted by molar-refractivity contribution is 6.15. The fraction of sp³-hybridized carbons (Fsp3) is 0.467. The second kappa shape index (κ2) is 6.77. The molecule has 0 radical (unpaired) electrons. The Balaban J connectivity index is 2.03. The highest BCUT2D eigenvalue weighted by atomic mass is 16.6. The molecule has 3 atom stereocenters. The molecule has 0 bridgehead atoms. The molecule has 0 aromatic rings. The maximum absolute atomic E-state index is 12.6. The zero-order chi connectivity index (χ0) is 19.0. The number of epoxide rings is 2. The third-order valence-electron chi connectivity index (χ3n) is 4.11. The molecule has 2 amide bonds. The number of carbonyl (C=O) groups excluding carboxylic acids is 2.